The SMILES string of the molecule is CCOC(=O)c1ncn2c3ccccc3n(-c3ccccc3I)c12. The van der Waals surface area contributed by atoms with Crippen molar-refractivity contribution >= 4 is 45.2 Å². The van der Waals surface area contributed by atoms with E-state index in [4.69, 9.17) is 4.74 Å². The van der Waals surface area contributed by atoms with Crippen LogP contribution in [0.5, 0.6) is 0 Å². The first-order valence-corrected chi connectivity index (χ1v) is 8.68. The Morgan fingerprint density at radius 1 is 1.12 bits per heavy atom. The number of imidazole rings is 2. The average molecular weight is 431 g/mol. The van der Waals surface area contributed by atoms with Gasteiger partial charge in [-0.05, 0) is 53.8 Å². The maximum absolute atomic E-state index is 12.4. The van der Waals surface area contributed by atoms with E-state index in [9.17, 15) is 4.79 Å². The van der Waals surface area contributed by atoms with E-state index in [-0.39, 0.29) is 0 Å². The average Bonchev–Trinajstić information content (AvgIpc) is 3.14. The first kappa shape index (κ1) is 15.2. The van der Waals surface area contributed by atoms with Gasteiger partial charge in [0.2, 0.25) is 0 Å². The Hall–Kier alpha value is -2.35. The molecule has 2 heterocycles. The largest absolute Gasteiger partial charge is 0.461 e. The molecule has 5 nitrogen and oxygen atoms in total. The first-order chi connectivity index (χ1) is 11.7. The molecule has 0 bridgehead atoms. The van der Waals surface area contributed by atoms with E-state index >= 15 is 0 Å². The molecular formula is C18H14IN3O2. The Kier molecular flexibility index (Phi) is 3.76. The van der Waals surface area contributed by atoms with Crippen LogP contribution in [0.2, 0.25) is 0 Å². The summed E-state index contributed by atoms with van der Waals surface area (Å²) in [5.41, 5.74) is 4.07. The molecule has 0 fully saturated rings. The molecule has 24 heavy (non-hydrogen) atoms. The molecule has 2 aromatic heterocycles. The summed E-state index contributed by atoms with van der Waals surface area (Å²) in [6.45, 7) is 2.11. The highest BCUT2D eigenvalue weighted by atomic mass is 127. The minimum absolute atomic E-state index is 0.320. The van der Waals surface area contributed by atoms with Gasteiger partial charge in [-0.3, -0.25) is 8.97 Å². The molecule has 0 radical (unpaired) electrons. The van der Waals surface area contributed by atoms with Crippen LogP contribution in [0.4, 0.5) is 0 Å². The van der Waals surface area contributed by atoms with E-state index in [0.717, 1.165) is 25.9 Å². The second-order valence-corrected chi connectivity index (χ2v) is 6.44. The number of benzene rings is 2. The second kappa shape index (κ2) is 5.94. The van der Waals surface area contributed by atoms with E-state index in [2.05, 4.69) is 32.1 Å². The predicted molar refractivity (Wildman–Crippen MR) is 101 cm³/mol. The second-order valence-electron chi connectivity index (χ2n) is 5.28. The molecule has 4 rings (SSSR count). The zero-order valence-corrected chi connectivity index (χ0v) is 15.1. The molecule has 0 aliphatic rings. The number of halogens is 1. The van der Waals surface area contributed by atoms with Gasteiger partial charge in [0.05, 0.1) is 23.3 Å². The molecular weight excluding hydrogens is 417 g/mol. The molecule has 0 saturated heterocycles. The zero-order chi connectivity index (χ0) is 16.7. The molecule has 0 unspecified atom stereocenters. The van der Waals surface area contributed by atoms with Gasteiger partial charge < -0.3 is 4.74 Å². The molecule has 6 heteroatoms. The predicted octanol–water partition coefficient (Wildman–Crippen LogP) is 4.06. The van der Waals surface area contributed by atoms with E-state index in [1.807, 2.05) is 52.9 Å². The van der Waals surface area contributed by atoms with Crippen molar-refractivity contribution in [2.45, 2.75) is 6.92 Å². The van der Waals surface area contributed by atoms with E-state index < -0.39 is 5.97 Å². The third-order valence-electron chi connectivity index (χ3n) is 3.90. The smallest absolute Gasteiger partial charge is 0.360 e. The lowest BCUT2D eigenvalue weighted by Gasteiger charge is -2.09. The standard InChI is InChI=1S/C18H14IN3O2/c1-2-24-18(23)16-17-21(11-20-16)14-9-5-6-10-15(14)22(17)13-8-4-3-7-12(13)19/h3-11H,2H2,1H3. The van der Waals surface area contributed by atoms with Crippen LogP contribution in [0.1, 0.15) is 17.4 Å². The number of aromatic nitrogens is 3. The molecule has 4 aromatic rings. The summed E-state index contributed by atoms with van der Waals surface area (Å²) in [7, 11) is 0. The van der Waals surface area contributed by atoms with Crippen LogP contribution >= 0.6 is 22.6 Å². The van der Waals surface area contributed by atoms with Crippen LogP contribution in [0.25, 0.3) is 22.4 Å². The van der Waals surface area contributed by atoms with Crippen LogP contribution in [0.15, 0.2) is 54.9 Å². The van der Waals surface area contributed by atoms with Crippen molar-refractivity contribution in [1.29, 1.82) is 0 Å². The third-order valence-corrected chi connectivity index (χ3v) is 4.81. The lowest BCUT2D eigenvalue weighted by molar-refractivity contribution is 0.0522. The lowest BCUT2D eigenvalue weighted by atomic mass is 10.2. The summed E-state index contributed by atoms with van der Waals surface area (Å²) in [5.74, 6) is -0.407. The molecule has 0 N–H and O–H groups in total. The maximum Gasteiger partial charge on any atom is 0.360 e. The summed E-state index contributed by atoms with van der Waals surface area (Å²) >= 11 is 2.30. The molecule has 2 aromatic carbocycles. The van der Waals surface area contributed by atoms with Gasteiger partial charge in [-0.25, -0.2) is 9.78 Å². The van der Waals surface area contributed by atoms with Gasteiger partial charge in [0, 0.05) is 3.57 Å². The number of rotatable bonds is 3. The number of ether oxygens (including phenoxy) is 1. The molecule has 0 aliphatic heterocycles. The van der Waals surface area contributed by atoms with Crippen molar-refractivity contribution in [3.8, 4) is 5.69 Å². The lowest BCUT2D eigenvalue weighted by Crippen LogP contribution is -2.08. The first-order valence-electron chi connectivity index (χ1n) is 7.61. The highest BCUT2D eigenvalue weighted by Crippen LogP contribution is 2.29. The summed E-state index contributed by atoms with van der Waals surface area (Å²) in [6, 6.07) is 16.1. The third kappa shape index (κ3) is 2.21. The van der Waals surface area contributed by atoms with Crippen molar-refractivity contribution in [3.05, 3.63) is 64.1 Å². The number of nitrogens with zero attached hydrogens (tertiary/aromatic N) is 3. The number of carbonyl (C=O) groups excluding carboxylic acids is 1. The van der Waals surface area contributed by atoms with Crippen LogP contribution in [-0.4, -0.2) is 26.5 Å². The van der Waals surface area contributed by atoms with Gasteiger partial charge >= 0.3 is 5.97 Å². The summed E-state index contributed by atoms with van der Waals surface area (Å²) in [6.07, 6.45) is 1.68. The van der Waals surface area contributed by atoms with Gasteiger partial charge in [0.1, 0.15) is 6.33 Å². The summed E-state index contributed by atoms with van der Waals surface area (Å²) < 4.78 is 10.3. The van der Waals surface area contributed by atoms with E-state index in [0.29, 0.717) is 12.3 Å². The van der Waals surface area contributed by atoms with Crippen molar-refractivity contribution in [1.82, 2.24) is 14.0 Å². The highest BCUT2D eigenvalue weighted by Gasteiger charge is 2.22. The molecule has 0 saturated carbocycles. The Morgan fingerprint density at radius 3 is 2.58 bits per heavy atom. The Morgan fingerprint density at radius 2 is 1.83 bits per heavy atom. The Bertz CT molecular complexity index is 1060. The van der Waals surface area contributed by atoms with E-state index in [1.54, 1.807) is 13.3 Å². The van der Waals surface area contributed by atoms with Crippen LogP contribution in [0, 0.1) is 3.57 Å². The number of para-hydroxylation sites is 3. The number of fused-ring (bicyclic) bond motifs is 3. The van der Waals surface area contributed by atoms with Gasteiger partial charge in [-0.1, -0.05) is 24.3 Å². The zero-order valence-electron chi connectivity index (χ0n) is 12.9. The molecule has 0 spiro atoms. The Balaban J connectivity index is 2.14. The molecule has 0 atom stereocenters. The molecule has 0 amide bonds. The number of carbonyl (C=O) groups is 1. The van der Waals surface area contributed by atoms with Gasteiger partial charge in [0.25, 0.3) is 0 Å². The fraction of sp³-hybridized carbons (Fsp3) is 0.111. The quantitative estimate of drug-likeness (QED) is 0.363. The monoisotopic (exact) mass is 431 g/mol. The van der Waals surface area contributed by atoms with Gasteiger partial charge in [0.15, 0.2) is 11.3 Å². The topological polar surface area (TPSA) is 48.5 Å². The number of hydrogen-bond acceptors (Lipinski definition) is 3. The van der Waals surface area contributed by atoms with E-state index in [1.165, 1.54) is 0 Å². The van der Waals surface area contributed by atoms with Crippen molar-refractivity contribution < 1.29 is 9.53 Å². The van der Waals surface area contributed by atoms with Crippen molar-refractivity contribution in [3.63, 3.8) is 0 Å². The fourth-order valence-electron chi connectivity index (χ4n) is 2.92. The van der Waals surface area contributed by atoms with Crippen LogP contribution in [-0.2, 0) is 4.74 Å². The van der Waals surface area contributed by atoms with Crippen molar-refractivity contribution in [2.75, 3.05) is 6.61 Å². The fourth-order valence-corrected chi connectivity index (χ4v) is 3.55. The van der Waals surface area contributed by atoms with Crippen molar-refractivity contribution in [2.24, 2.45) is 0 Å². The summed E-state index contributed by atoms with van der Waals surface area (Å²) in [4.78, 5) is 16.7. The Labute approximate surface area is 152 Å². The highest BCUT2D eigenvalue weighted by molar-refractivity contribution is 14.1. The number of esters is 1. The summed E-state index contributed by atoms with van der Waals surface area (Å²) in [5, 5.41) is 0. The minimum atomic E-state index is -0.407. The van der Waals surface area contributed by atoms with Gasteiger partial charge in [-0.15, -0.1) is 0 Å². The number of hydrogen-bond donors (Lipinski definition) is 0. The maximum atomic E-state index is 12.4. The normalized spacial score (nSPS) is 11.2. The van der Waals surface area contributed by atoms with Crippen LogP contribution < -0.4 is 0 Å². The minimum Gasteiger partial charge on any atom is -0.461 e. The van der Waals surface area contributed by atoms with Crippen LogP contribution in [0.3, 0.4) is 0 Å². The molecule has 120 valence electrons. The van der Waals surface area contributed by atoms with Gasteiger partial charge in [-0.2, -0.15) is 0 Å². The molecule has 0 aliphatic carbocycles.